The smallest absolute Gasteiger partial charge is 0.221 e. The SMILES string of the molecule is CC1(Nc2nccn3nnnc23)CC1. The van der Waals surface area contributed by atoms with Crippen molar-refractivity contribution in [1.82, 2.24) is 25.0 Å². The Bertz CT molecular complexity index is 471. The first kappa shape index (κ1) is 7.66. The molecule has 6 nitrogen and oxygen atoms in total. The first-order chi connectivity index (χ1) is 6.77. The van der Waals surface area contributed by atoms with Crippen LogP contribution in [0, 0.1) is 0 Å². The van der Waals surface area contributed by atoms with E-state index in [0.29, 0.717) is 5.65 Å². The minimum Gasteiger partial charge on any atom is -0.362 e. The predicted octanol–water partition coefficient (Wildman–Crippen LogP) is 0.484. The minimum absolute atomic E-state index is 0.195. The fraction of sp³-hybridized carbons (Fsp3) is 0.500. The molecule has 14 heavy (non-hydrogen) atoms. The minimum atomic E-state index is 0.195. The second kappa shape index (κ2) is 2.40. The molecule has 6 heteroatoms. The highest BCUT2D eigenvalue weighted by Crippen LogP contribution is 2.38. The van der Waals surface area contributed by atoms with Crippen molar-refractivity contribution in [2.45, 2.75) is 25.3 Å². The summed E-state index contributed by atoms with van der Waals surface area (Å²) in [6.07, 6.45) is 5.78. The second-order valence-electron chi connectivity index (χ2n) is 3.91. The molecule has 1 fully saturated rings. The van der Waals surface area contributed by atoms with Gasteiger partial charge < -0.3 is 5.32 Å². The van der Waals surface area contributed by atoms with Crippen LogP contribution in [0.4, 0.5) is 5.82 Å². The fourth-order valence-corrected chi connectivity index (χ4v) is 1.37. The molecular weight excluding hydrogens is 180 g/mol. The van der Waals surface area contributed by atoms with Crippen LogP contribution in [-0.4, -0.2) is 30.6 Å². The highest BCUT2D eigenvalue weighted by molar-refractivity contribution is 5.62. The summed E-state index contributed by atoms with van der Waals surface area (Å²) < 4.78 is 1.61. The van der Waals surface area contributed by atoms with Crippen LogP contribution in [0.1, 0.15) is 19.8 Å². The molecule has 0 radical (unpaired) electrons. The van der Waals surface area contributed by atoms with Crippen LogP contribution in [0.2, 0.25) is 0 Å². The standard InChI is InChI=1S/C8H10N6/c1-8(2-3-8)10-6-7-11-12-13-14(7)5-4-9-6/h4-5H,2-3H2,1H3,(H,9,10). The fourth-order valence-electron chi connectivity index (χ4n) is 1.37. The molecule has 1 N–H and O–H groups in total. The van der Waals surface area contributed by atoms with Gasteiger partial charge in [0, 0.05) is 11.7 Å². The van der Waals surface area contributed by atoms with Gasteiger partial charge in [-0.25, -0.2) is 4.98 Å². The molecule has 0 aromatic carbocycles. The molecule has 2 aromatic rings. The summed E-state index contributed by atoms with van der Waals surface area (Å²) in [6, 6.07) is 0. The van der Waals surface area contributed by atoms with E-state index in [0.717, 1.165) is 5.82 Å². The lowest BCUT2D eigenvalue weighted by Gasteiger charge is -2.11. The van der Waals surface area contributed by atoms with Gasteiger partial charge in [0.25, 0.3) is 0 Å². The van der Waals surface area contributed by atoms with Crippen LogP contribution < -0.4 is 5.32 Å². The van der Waals surface area contributed by atoms with Gasteiger partial charge in [0.05, 0.1) is 6.20 Å². The Morgan fingerprint density at radius 1 is 1.50 bits per heavy atom. The molecule has 0 saturated heterocycles. The number of anilines is 1. The van der Waals surface area contributed by atoms with Gasteiger partial charge in [-0.2, -0.15) is 4.52 Å². The molecule has 1 aliphatic rings. The van der Waals surface area contributed by atoms with E-state index in [-0.39, 0.29) is 5.54 Å². The van der Waals surface area contributed by atoms with Crippen LogP contribution in [-0.2, 0) is 0 Å². The van der Waals surface area contributed by atoms with Crippen molar-refractivity contribution in [3.05, 3.63) is 12.4 Å². The van der Waals surface area contributed by atoms with Crippen molar-refractivity contribution < 1.29 is 0 Å². The number of fused-ring (bicyclic) bond motifs is 1. The zero-order chi connectivity index (χ0) is 9.60. The molecule has 3 rings (SSSR count). The number of nitrogens with one attached hydrogen (secondary N) is 1. The molecule has 72 valence electrons. The van der Waals surface area contributed by atoms with Gasteiger partial charge in [0.15, 0.2) is 5.82 Å². The van der Waals surface area contributed by atoms with Crippen LogP contribution >= 0.6 is 0 Å². The molecule has 2 heterocycles. The molecule has 0 spiro atoms. The summed E-state index contributed by atoms with van der Waals surface area (Å²) in [6.45, 7) is 2.17. The average molecular weight is 190 g/mol. The Morgan fingerprint density at radius 2 is 2.36 bits per heavy atom. The molecule has 0 bridgehead atoms. The van der Waals surface area contributed by atoms with Crippen LogP contribution in [0.3, 0.4) is 0 Å². The van der Waals surface area contributed by atoms with Gasteiger partial charge in [-0.05, 0) is 30.2 Å². The number of rotatable bonds is 2. The highest BCUT2D eigenvalue weighted by atomic mass is 15.5. The third-order valence-electron chi connectivity index (χ3n) is 2.54. The molecule has 0 aliphatic heterocycles. The highest BCUT2D eigenvalue weighted by Gasteiger charge is 2.38. The van der Waals surface area contributed by atoms with Crippen molar-refractivity contribution in [2.24, 2.45) is 0 Å². The van der Waals surface area contributed by atoms with E-state index >= 15 is 0 Å². The topological polar surface area (TPSA) is 68.0 Å². The van der Waals surface area contributed by atoms with Crippen LogP contribution in [0.5, 0.6) is 0 Å². The van der Waals surface area contributed by atoms with Gasteiger partial charge >= 0.3 is 0 Å². The quantitative estimate of drug-likeness (QED) is 0.746. The number of hydrogen-bond acceptors (Lipinski definition) is 5. The summed E-state index contributed by atoms with van der Waals surface area (Å²) in [5, 5.41) is 14.7. The van der Waals surface area contributed by atoms with E-state index in [1.165, 1.54) is 12.8 Å². The van der Waals surface area contributed by atoms with Crippen molar-refractivity contribution in [1.29, 1.82) is 0 Å². The van der Waals surface area contributed by atoms with Crippen molar-refractivity contribution >= 4 is 11.5 Å². The Labute approximate surface area is 80.3 Å². The van der Waals surface area contributed by atoms with Gasteiger partial charge in [0.2, 0.25) is 5.65 Å². The molecular formula is C8H10N6. The van der Waals surface area contributed by atoms with Gasteiger partial charge in [-0.1, -0.05) is 0 Å². The van der Waals surface area contributed by atoms with E-state index in [4.69, 9.17) is 0 Å². The Balaban J connectivity index is 2.06. The van der Waals surface area contributed by atoms with Crippen molar-refractivity contribution in [3.8, 4) is 0 Å². The number of tetrazole rings is 1. The van der Waals surface area contributed by atoms with E-state index in [9.17, 15) is 0 Å². The zero-order valence-electron chi connectivity index (χ0n) is 7.80. The number of aromatic nitrogens is 5. The first-order valence-electron chi connectivity index (χ1n) is 4.58. The lowest BCUT2D eigenvalue weighted by Crippen LogP contribution is -2.17. The third-order valence-corrected chi connectivity index (χ3v) is 2.54. The lowest BCUT2D eigenvalue weighted by atomic mass is 10.3. The van der Waals surface area contributed by atoms with E-state index in [1.54, 1.807) is 16.9 Å². The summed E-state index contributed by atoms with van der Waals surface area (Å²) in [7, 11) is 0. The maximum absolute atomic E-state index is 4.23. The maximum atomic E-state index is 4.23. The number of hydrogen-bond donors (Lipinski definition) is 1. The van der Waals surface area contributed by atoms with Gasteiger partial charge in [0.1, 0.15) is 0 Å². The normalized spacial score (nSPS) is 18.4. The molecule has 0 amide bonds. The summed E-state index contributed by atoms with van der Waals surface area (Å²) >= 11 is 0. The second-order valence-corrected chi connectivity index (χ2v) is 3.91. The van der Waals surface area contributed by atoms with E-state index in [1.807, 2.05) is 0 Å². The van der Waals surface area contributed by atoms with Crippen molar-refractivity contribution in [3.63, 3.8) is 0 Å². The number of nitrogens with zero attached hydrogens (tertiary/aromatic N) is 5. The van der Waals surface area contributed by atoms with Gasteiger partial charge in [-0.3, -0.25) is 0 Å². The zero-order valence-corrected chi connectivity index (χ0v) is 7.80. The monoisotopic (exact) mass is 190 g/mol. The Hall–Kier alpha value is -1.72. The van der Waals surface area contributed by atoms with Crippen molar-refractivity contribution in [2.75, 3.05) is 5.32 Å². The maximum Gasteiger partial charge on any atom is 0.221 e. The van der Waals surface area contributed by atoms with Gasteiger partial charge in [-0.15, -0.1) is 5.10 Å². The molecule has 2 aromatic heterocycles. The van der Waals surface area contributed by atoms with E-state index < -0.39 is 0 Å². The Morgan fingerprint density at radius 3 is 3.14 bits per heavy atom. The molecule has 0 atom stereocenters. The third kappa shape index (κ3) is 1.11. The summed E-state index contributed by atoms with van der Waals surface area (Å²) in [5.41, 5.74) is 0.876. The Kier molecular flexibility index (Phi) is 1.31. The molecule has 1 aliphatic carbocycles. The summed E-state index contributed by atoms with van der Waals surface area (Å²) in [4.78, 5) is 4.23. The largest absolute Gasteiger partial charge is 0.362 e. The molecule has 1 saturated carbocycles. The molecule has 0 unspecified atom stereocenters. The van der Waals surface area contributed by atoms with Crippen LogP contribution in [0.25, 0.3) is 5.65 Å². The summed E-state index contributed by atoms with van der Waals surface area (Å²) in [5.74, 6) is 0.762. The van der Waals surface area contributed by atoms with Crippen LogP contribution in [0.15, 0.2) is 12.4 Å². The predicted molar refractivity (Wildman–Crippen MR) is 49.8 cm³/mol. The lowest BCUT2D eigenvalue weighted by molar-refractivity contribution is 0.808. The first-order valence-corrected chi connectivity index (χ1v) is 4.58. The average Bonchev–Trinajstić information content (AvgIpc) is 2.73. The van der Waals surface area contributed by atoms with E-state index in [2.05, 4.69) is 32.7 Å².